The van der Waals surface area contributed by atoms with Crippen LogP contribution in [0.5, 0.6) is 0 Å². The Morgan fingerprint density at radius 3 is 3.06 bits per heavy atom. The number of nitrogens with one attached hydrogen (secondary N) is 1. The van der Waals surface area contributed by atoms with Crippen LogP contribution < -0.4 is 10.2 Å². The van der Waals surface area contributed by atoms with E-state index in [0.29, 0.717) is 6.04 Å². The van der Waals surface area contributed by atoms with Crippen molar-refractivity contribution in [3.8, 4) is 0 Å². The van der Waals surface area contributed by atoms with Gasteiger partial charge in [-0.05, 0) is 32.2 Å². The molecular weight excluding hydrogens is 214 g/mol. The van der Waals surface area contributed by atoms with Crippen LogP contribution in [0.15, 0.2) is 10.7 Å². The maximum Gasteiger partial charge on any atom is 0.297 e. The van der Waals surface area contributed by atoms with Gasteiger partial charge in [0.25, 0.3) is 6.01 Å². The van der Waals surface area contributed by atoms with Crippen LogP contribution in [0.2, 0.25) is 0 Å². The van der Waals surface area contributed by atoms with Crippen LogP contribution in [0.4, 0.5) is 6.01 Å². The summed E-state index contributed by atoms with van der Waals surface area (Å²) in [5.74, 6) is 0.732. The van der Waals surface area contributed by atoms with Gasteiger partial charge in [0.05, 0.1) is 5.69 Å². The molecule has 0 amide bonds. The smallest absolute Gasteiger partial charge is 0.297 e. The lowest BCUT2D eigenvalue weighted by Crippen LogP contribution is -2.41. The molecule has 0 radical (unpaired) electrons. The van der Waals surface area contributed by atoms with E-state index in [-0.39, 0.29) is 0 Å². The molecule has 2 atom stereocenters. The molecule has 1 N–H and O–H groups in total. The van der Waals surface area contributed by atoms with Gasteiger partial charge in [0.15, 0.2) is 0 Å². The zero-order valence-corrected chi connectivity index (χ0v) is 11.1. The maximum atomic E-state index is 5.59. The zero-order chi connectivity index (χ0) is 12.3. The molecule has 1 aromatic rings. The highest BCUT2D eigenvalue weighted by atomic mass is 16.4. The topological polar surface area (TPSA) is 41.3 Å². The second-order valence-electron chi connectivity index (χ2n) is 5.09. The predicted molar refractivity (Wildman–Crippen MR) is 69.1 cm³/mol. The van der Waals surface area contributed by atoms with Gasteiger partial charge in [0, 0.05) is 19.1 Å². The standard InChI is InChI=1S/C13H23N3O/c1-4-14-7-12-9-17-13(15-12)16-8-10(2)5-6-11(16)3/h9-11,14H,4-8H2,1-3H3. The summed E-state index contributed by atoms with van der Waals surface area (Å²) in [7, 11) is 0. The number of oxazole rings is 1. The summed E-state index contributed by atoms with van der Waals surface area (Å²) in [4.78, 5) is 6.85. The molecular formula is C13H23N3O. The van der Waals surface area contributed by atoms with E-state index in [2.05, 4.69) is 36.0 Å². The fourth-order valence-electron chi connectivity index (χ4n) is 2.32. The van der Waals surface area contributed by atoms with Crippen LogP contribution in [0, 0.1) is 5.92 Å². The van der Waals surface area contributed by atoms with Crippen LogP contribution in [-0.4, -0.2) is 24.1 Å². The van der Waals surface area contributed by atoms with E-state index in [1.54, 1.807) is 6.26 Å². The highest BCUT2D eigenvalue weighted by molar-refractivity contribution is 5.29. The van der Waals surface area contributed by atoms with Crippen LogP contribution >= 0.6 is 0 Å². The minimum Gasteiger partial charge on any atom is -0.432 e. The van der Waals surface area contributed by atoms with E-state index >= 15 is 0 Å². The van der Waals surface area contributed by atoms with Crippen LogP contribution in [0.25, 0.3) is 0 Å². The Morgan fingerprint density at radius 1 is 1.47 bits per heavy atom. The number of nitrogens with zero attached hydrogens (tertiary/aromatic N) is 2. The third-order valence-electron chi connectivity index (χ3n) is 3.46. The largest absolute Gasteiger partial charge is 0.432 e. The van der Waals surface area contributed by atoms with Gasteiger partial charge < -0.3 is 14.6 Å². The van der Waals surface area contributed by atoms with Crippen molar-refractivity contribution in [1.29, 1.82) is 0 Å². The fourth-order valence-corrected chi connectivity index (χ4v) is 2.32. The molecule has 1 aromatic heterocycles. The Bertz CT molecular complexity index is 350. The Morgan fingerprint density at radius 2 is 2.29 bits per heavy atom. The van der Waals surface area contributed by atoms with Crippen molar-refractivity contribution in [1.82, 2.24) is 10.3 Å². The third-order valence-corrected chi connectivity index (χ3v) is 3.46. The van der Waals surface area contributed by atoms with Crippen LogP contribution in [0.1, 0.15) is 39.3 Å². The average molecular weight is 237 g/mol. The third kappa shape index (κ3) is 3.00. The first-order chi connectivity index (χ1) is 8.20. The molecule has 0 saturated carbocycles. The molecule has 4 heteroatoms. The fraction of sp³-hybridized carbons (Fsp3) is 0.769. The van der Waals surface area contributed by atoms with E-state index in [9.17, 15) is 0 Å². The first-order valence-electron chi connectivity index (χ1n) is 6.62. The second kappa shape index (κ2) is 5.54. The molecule has 0 bridgehead atoms. The maximum absolute atomic E-state index is 5.59. The summed E-state index contributed by atoms with van der Waals surface area (Å²) < 4.78 is 5.59. The molecule has 1 saturated heterocycles. The first kappa shape index (κ1) is 12.4. The molecule has 2 heterocycles. The van der Waals surface area contributed by atoms with E-state index in [4.69, 9.17) is 4.42 Å². The number of aromatic nitrogens is 1. The van der Waals surface area contributed by atoms with E-state index in [0.717, 1.165) is 37.3 Å². The molecule has 1 aliphatic rings. The predicted octanol–water partition coefficient (Wildman–Crippen LogP) is 2.41. The molecule has 1 fully saturated rings. The van der Waals surface area contributed by atoms with Crippen molar-refractivity contribution in [3.63, 3.8) is 0 Å². The lowest BCUT2D eigenvalue weighted by Gasteiger charge is -2.35. The van der Waals surface area contributed by atoms with Gasteiger partial charge in [-0.2, -0.15) is 4.98 Å². The minimum absolute atomic E-state index is 0.539. The summed E-state index contributed by atoms with van der Waals surface area (Å²) in [5.41, 5.74) is 0.993. The van der Waals surface area contributed by atoms with Gasteiger partial charge in [0.1, 0.15) is 6.26 Å². The van der Waals surface area contributed by atoms with Gasteiger partial charge in [-0.1, -0.05) is 13.8 Å². The lowest BCUT2D eigenvalue weighted by atomic mass is 9.95. The zero-order valence-electron chi connectivity index (χ0n) is 11.1. The van der Waals surface area contributed by atoms with Crippen molar-refractivity contribution in [3.05, 3.63) is 12.0 Å². The molecule has 0 aliphatic carbocycles. The Labute approximate surface area is 103 Å². The highest BCUT2D eigenvalue weighted by Gasteiger charge is 2.26. The average Bonchev–Trinajstić information content (AvgIpc) is 2.78. The quantitative estimate of drug-likeness (QED) is 0.873. The number of rotatable bonds is 4. The van der Waals surface area contributed by atoms with Gasteiger partial charge in [0.2, 0.25) is 0 Å². The van der Waals surface area contributed by atoms with Gasteiger partial charge >= 0.3 is 0 Å². The van der Waals surface area contributed by atoms with Crippen molar-refractivity contribution < 1.29 is 4.42 Å². The van der Waals surface area contributed by atoms with E-state index < -0.39 is 0 Å². The summed E-state index contributed by atoms with van der Waals surface area (Å²) in [6.45, 7) is 9.44. The van der Waals surface area contributed by atoms with Crippen molar-refractivity contribution in [2.24, 2.45) is 5.92 Å². The molecule has 96 valence electrons. The summed E-state index contributed by atoms with van der Waals surface area (Å²) >= 11 is 0. The molecule has 4 nitrogen and oxygen atoms in total. The highest BCUT2D eigenvalue weighted by Crippen LogP contribution is 2.26. The van der Waals surface area contributed by atoms with Gasteiger partial charge in [-0.25, -0.2) is 0 Å². The Kier molecular flexibility index (Phi) is 4.05. The Balaban J connectivity index is 2.02. The van der Waals surface area contributed by atoms with Crippen molar-refractivity contribution in [2.75, 3.05) is 18.0 Å². The number of hydrogen-bond acceptors (Lipinski definition) is 4. The van der Waals surface area contributed by atoms with Gasteiger partial charge in [-0.15, -0.1) is 0 Å². The number of anilines is 1. The van der Waals surface area contributed by atoms with Crippen molar-refractivity contribution >= 4 is 6.01 Å². The van der Waals surface area contributed by atoms with Crippen LogP contribution in [0.3, 0.4) is 0 Å². The second-order valence-corrected chi connectivity index (χ2v) is 5.09. The molecule has 2 rings (SSSR count). The van der Waals surface area contributed by atoms with Gasteiger partial charge in [-0.3, -0.25) is 0 Å². The lowest BCUT2D eigenvalue weighted by molar-refractivity contribution is 0.365. The SMILES string of the molecule is CCNCc1coc(N2CC(C)CCC2C)n1. The summed E-state index contributed by atoms with van der Waals surface area (Å²) in [6.07, 6.45) is 4.30. The molecule has 0 aromatic carbocycles. The minimum atomic E-state index is 0.539. The van der Waals surface area contributed by atoms with Crippen molar-refractivity contribution in [2.45, 2.75) is 46.2 Å². The molecule has 1 aliphatic heterocycles. The first-order valence-corrected chi connectivity index (χ1v) is 6.62. The monoisotopic (exact) mass is 237 g/mol. The molecule has 17 heavy (non-hydrogen) atoms. The summed E-state index contributed by atoms with van der Waals surface area (Å²) in [5, 5.41) is 3.26. The number of piperidine rings is 1. The van der Waals surface area contributed by atoms with Crippen LogP contribution in [-0.2, 0) is 6.54 Å². The number of hydrogen-bond donors (Lipinski definition) is 1. The normalized spacial score (nSPS) is 25.2. The van der Waals surface area contributed by atoms with E-state index in [1.165, 1.54) is 12.8 Å². The Hall–Kier alpha value is -1.03. The summed E-state index contributed by atoms with van der Waals surface area (Å²) in [6, 6.07) is 1.33. The molecule has 2 unspecified atom stereocenters. The molecule has 0 spiro atoms. The van der Waals surface area contributed by atoms with E-state index in [1.807, 2.05) is 0 Å².